The summed E-state index contributed by atoms with van der Waals surface area (Å²) in [6.45, 7) is 2.31. The van der Waals surface area contributed by atoms with Crippen LogP contribution in [0.5, 0.6) is 11.5 Å². The normalized spacial score (nSPS) is 11.5. The Morgan fingerprint density at radius 2 is 1.78 bits per heavy atom. The highest BCUT2D eigenvalue weighted by molar-refractivity contribution is 5.79. The molecule has 1 atom stereocenters. The Labute approximate surface area is 158 Å². The van der Waals surface area contributed by atoms with E-state index >= 15 is 0 Å². The summed E-state index contributed by atoms with van der Waals surface area (Å²) in [7, 11) is 1.54. The number of carboxylic acids is 1. The minimum Gasteiger partial charge on any atom is -0.493 e. The van der Waals surface area contributed by atoms with E-state index in [1.165, 1.54) is 7.11 Å². The van der Waals surface area contributed by atoms with Gasteiger partial charge in [0.1, 0.15) is 6.61 Å². The fourth-order valence-corrected chi connectivity index (χ4v) is 2.69. The van der Waals surface area contributed by atoms with Crippen LogP contribution < -0.4 is 9.47 Å². The van der Waals surface area contributed by atoms with Crippen LogP contribution in [0.25, 0.3) is 0 Å². The van der Waals surface area contributed by atoms with Gasteiger partial charge < -0.3 is 19.3 Å². The molecule has 0 aliphatic carbocycles. The van der Waals surface area contributed by atoms with E-state index < -0.39 is 17.9 Å². The summed E-state index contributed by atoms with van der Waals surface area (Å²) < 4.78 is 16.2. The molecule has 0 saturated carbocycles. The summed E-state index contributed by atoms with van der Waals surface area (Å²) in [5.41, 5.74) is 1.81. The maximum Gasteiger partial charge on any atom is 0.309 e. The van der Waals surface area contributed by atoms with Crippen LogP contribution in [0.4, 0.5) is 0 Å². The van der Waals surface area contributed by atoms with Crippen molar-refractivity contribution < 1.29 is 28.9 Å². The van der Waals surface area contributed by atoms with Gasteiger partial charge >= 0.3 is 11.9 Å². The lowest BCUT2D eigenvalue weighted by Crippen LogP contribution is -2.23. The third-order valence-electron chi connectivity index (χ3n) is 3.99. The molecule has 27 heavy (non-hydrogen) atoms. The second kappa shape index (κ2) is 10.2. The largest absolute Gasteiger partial charge is 0.493 e. The fraction of sp³-hybridized carbons (Fsp3) is 0.333. The number of ether oxygens (including phenoxy) is 3. The van der Waals surface area contributed by atoms with Gasteiger partial charge in [0.05, 0.1) is 26.1 Å². The maximum absolute atomic E-state index is 12.0. The van der Waals surface area contributed by atoms with Crippen molar-refractivity contribution in [2.45, 2.75) is 26.4 Å². The molecule has 0 aliphatic heterocycles. The smallest absolute Gasteiger partial charge is 0.309 e. The third kappa shape index (κ3) is 6.33. The average Bonchev–Trinajstić information content (AvgIpc) is 2.67. The zero-order valence-corrected chi connectivity index (χ0v) is 15.5. The predicted octanol–water partition coefficient (Wildman–Crippen LogP) is 3.47. The van der Waals surface area contributed by atoms with Gasteiger partial charge in [0.25, 0.3) is 0 Å². The van der Waals surface area contributed by atoms with Crippen LogP contribution in [-0.2, 0) is 27.4 Å². The predicted molar refractivity (Wildman–Crippen MR) is 99.8 cm³/mol. The molecule has 2 rings (SSSR count). The van der Waals surface area contributed by atoms with Gasteiger partial charge in [-0.15, -0.1) is 0 Å². The molecule has 144 valence electrons. The summed E-state index contributed by atoms with van der Waals surface area (Å²) >= 11 is 0. The SMILES string of the molecule is CCOC(=O)[C@@H](CC(=O)O)Cc1ccc(OCc2ccccc2)c(OC)c1. The lowest BCUT2D eigenvalue weighted by molar-refractivity contribution is -0.152. The van der Waals surface area contributed by atoms with Crippen molar-refractivity contribution in [2.24, 2.45) is 5.92 Å². The molecular weight excluding hydrogens is 348 g/mol. The molecular formula is C21H24O6. The topological polar surface area (TPSA) is 82.1 Å². The van der Waals surface area contributed by atoms with Crippen molar-refractivity contribution >= 4 is 11.9 Å². The van der Waals surface area contributed by atoms with Crippen LogP contribution >= 0.6 is 0 Å². The summed E-state index contributed by atoms with van der Waals surface area (Å²) in [4.78, 5) is 23.1. The molecule has 0 aliphatic rings. The van der Waals surface area contributed by atoms with Crippen LogP contribution in [0.15, 0.2) is 48.5 Å². The van der Waals surface area contributed by atoms with E-state index in [9.17, 15) is 9.59 Å². The second-order valence-corrected chi connectivity index (χ2v) is 6.01. The number of esters is 1. The number of hydrogen-bond donors (Lipinski definition) is 1. The first-order valence-corrected chi connectivity index (χ1v) is 8.75. The second-order valence-electron chi connectivity index (χ2n) is 6.01. The van der Waals surface area contributed by atoms with Crippen molar-refractivity contribution in [1.29, 1.82) is 0 Å². The van der Waals surface area contributed by atoms with Crippen molar-refractivity contribution in [2.75, 3.05) is 13.7 Å². The lowest BCUT2D eigenvalue weighted by atomic mass is 9.96. The van der Waals surface area contributed by atoms with Gasteiger partial charge in [-0.1, -0.05) is 36.4 Å². The van der Waals surface area contributed by atoms with E-state index in [1.54, 1.807) is 25.1 Å². The van der Waals surface area contributed by atoms with E-state index in [1.807, 2.05) is 30.3 Å². The van der Waals surface area contributed by atoms with Crippen molar-refractivity contribution in [3.8, 4) is 11.5 Å². The number of methoxy groups -OCH3 is 1. The number of carbonyl (C=O) groups excluding carboxylic acids is 1. The first-order chi connectivity index (χ1) is 13.0. The number of hydrogen-bond acceptors (Lipinski definition) is 5. The van der Waals surface area contributed by atoms with Crippen LogP contribution in [0.2, 0.25) is 0 Å². The van der Waals surface area contributed by atoms with Crippen LogP contribution in [0, 0.1) is 5.92 Å². The van der Waals surface area contributed by atoms with Crippen LogP contribution in [0.3, 0.4) is 0 Å². The molecule has 0 radical (unpaired) electrons. The molecule has 0 unspecified atom stereocenters. The summed E-state index contributed by atoms with van der Waals surface area (Å²) in [5, 5.41) is 9.05. The third-order valence-corrected chi connectivity index (χ3v) is 3.99. The molecule has 0 bridgehead atoms. The summed E-state index contributed by atoms with van der Waals surface area (Å²) in [5.74, 6) is -1.19. The molecule has 2 aromatic rings. The Morgan fingerprint density at radius 1 is 1.04 bits per heavy atom. The quantitative estimate of drug-likeness (QED) is 0.643. The van der Waals surface area contributed by atoms with Gasteiger partial charge in [0, 0.05) is 0 Å². The lowest BCUT2D eigenvalue weighted by Gasteiger charge is -2.16. The molecule has 1 N–H and O–H groups in total. The number of rotatable bonds is 10. The average molecular weight is 372 g/mol. The Kier molecular flexibility index (Phi) is 7.67. The zero-order chi connectivity index (χ0) is 19.6. The fourth-order valence-electron chi connectivity index (χ4n) is 2.69. The Morgan fingerprint density at radius 3 is 2.41 bits per heavy atom. The standard InChI is InChI=1S/C21H24O6/c1-3-26-21(24)17(13-20(22)23)11-16-9-10-18(19(12-16)25-2)27-14-15-7-5-4-6-8-15/h4-10,12,17H,3,11,13-14H2,1-2H3,(H,22,23)/t17-/m1/s1. The minimum atomic E-state index is -1.04. The molecule has 6 heteroatoms. The molecule has 0 heterocycles. The van der Waals surface area contributed by atoms with E-state index in [4.69, 9.17) is 19.3 Å². The molecule has 6 nitrogen and oxygen atoms in total. The number of carboxylic acid groups (broad SMARTS) is 1. The molecule has 0 spiro atoms. The van der Waals surface area contributed by atoms with Gasteiger partial charge in [-0.3, -0.25) is 9.59 Å². The van der Waals surface area contributed by atoms with Gasteiger partial charge in [-0.05, 0) is 36.6 Å². The van der Waals surface area contributed by atoms with Crippen molar-refractivity contribution in [3.05, 3.63) is 59.7 Å². The molecule has 0 aromatic heterocycles. The van der Waals surface area contributed by atoms with Gasteiger partial charge in [0.15, 0.2) is 11.5 Å². The first-order valence-electron chi connectivity index (χ1n) is 8.75. The molecule has 0 fully saturated rings. The van der Waals surface area contributed by atoms with Crippen molar-refractivity contribution in [1.82, 2.24) is 0 Å². The number of benzene rings is 2. The number of carbonyl (C=O) groups is 2. The van der Waals surface area contributed by atoms with E-state index in [-0.39, 0.29) is 19.4 Å². The highest BCUT2D eigenvalue weighted by Crippen LogP contribution is 2.30. The molecule has 0 saturated heterocycles. The van der Waals surface area contributed by atoms with Crippen molar-refractivity contribution in [3.63, 3.8) is 0 Å². The Bertz CT molecular complexity index is 757. The van der Waals surface area contributed by atoms with Gasteiger partial charge in [-0.25, -0.2) is 0 Å². The van der Waals surface area contributed by atoms with Gasteiger partial charge in [-0.2, -0.15) is 0 Å². The monoisotopic (exact) mass is 372 g/mol. The summed E-state index contributed by atoms with van der Waals surface area (Å²) in [6, 6.07) is 15.1. The number of aliphatic carboxylic acids is 1. The van der Waals surface area contributed by atoms with E-state index in [2.05, 4.69) is 0 Å². The van der Waals surface area contributed by atoms with Crippen LogP contribution in [0.1, 0.15) is 24.5 Å². The Balaban J connectivity index is 2.10. The molecule has 2 aromatic carbocycles. The minimum absolute atomic E-state index is 0.213. The van der Waals surface area contributed by atoms with E-state index in [0.29, 0.717) is 18.1 Å². The van der Waals surface area contributed by atoms with E-state index in [0.717, 1.165) is 11.1 Å². The highest BCUT2D eigenvalue weighted by atomic mass is 16.5. The Hall–Kier alpha value is -3.02. The maximum atomic E-state index is 12.0. The van der Waals surface area contributed by atoms with Gasteiger partial charge in [0.2, 0.25) is 0 Å². The molecule has 0 amide bonds. The summed E-state index contributed by atoms with van der Waals surface area (Å²) in [6.07, 6.45) is -0.0339. The highest BCUT2D eigenvalue weighted by Gasteiger charge is 2.24. The first kappa shape index (κ1) is 20.3. The van der Waals surface area contributed by atoms with Crippen LogP contribution in [-0.4, -0.2) is 30.8 Å². The zero-order valence-electron chi connectivity index (χ0n) is 15.5.